The topological polar surface area (TPSA) is 80.5 Å². The molecule has 0 aliphatic rings. The predicted octanol–water partition coefficient (Wildman–Crippen LogP) is 2.72. The second kappa shape index (κ2) is 7.74. The molecule has 0 aliphatic carbocycles. The molecule has 0 aromatic heterocycles. The number of benzene rings is 1. The fraction of sp³-hybridized carbons (Fsp3) is 0.562. The van der Waals surface area contributed by atoms with E-state index in [0.29, 0.717) is 13.1 Å². The molecule has 0 heterocycles. The van der Waals surface area contributed by atoms with Gasteiger partial charge in [-0.25, -0.2) is 13.6 Å². The van der Waals surface area contributed by atoms with E-state index in [1.807, 2.05) is 33.8 Å². The van der Waals surface area contributed by atoms with Gasteiger partial charge in [-0.1, -0.05) is 26.0 Å². The van der Waals surface area contributed by atoms with E-state index < -0.39 is 10.0 Å². The molecule has 124 valence electrons. The molecule has 0 unspecified atom stereocenters. The first kappa shape index (κ1) is 18.6. The van der Waals surface area contributed by atoms with E-state index in [1.165, 1.54) is 6.07 Å². The van der Waals surface area contributed by atoms with Gasteiger partial charge < -0.3 is 4.90 Å². The molecular weight excluding hydrogens is 300 g/mol. The monoisotopic (exact) mass is 326 g/mol. The number of primary sulfonamides is 1. The van der Waals surface area contributed by atoms with Crippen LogP contribution in [0.5, 0.6) is 0 Å². The van der Waals surface area contributed by atoms with Crippen molar-refractivity contribution in [3.8, 4) is 0 Å². The van der Waals surface area contributed by atoms with Gasteiger partial charge >= 0.3 is 0 Å². The molecule has 0 saturated heterocycles. The SMILES string of the molecule is CCC(CC)c1cccc(S(N)(=O)=O)c1C(=O)N(CC)CC. The molecule has 5 nitrogen and oxygen atoms in total. The number of carbonyl (C=O) groups excluding carboxylic acids is 1. The van der Waals surface area contributed by atoms with Crippen LogP contribution in [0.4, 0.5) is 0 Å². The van der Waals surface area contributed by atoms with E-state index in [4.69, 9.17) is 5.14 Å². The Labute approximate surface area is 133 Å². The smallest absolute Gasteiger partial charge is 0.255 e. The van der Waals surface area contributed by atoms with Gasteiger partial charge in [0.15, 0.2) is 0 Å². The minimum absolute atomic E-state index is 0.0752. The summed E-state index contributed by atoms with van der Waals surface area (Å²) in [4.78, 5) is 14.4. The maximum Gasteiger partial charge on any atom is 0.255 e. The number of nitrogens with two attached hydrogens (primary N) is 1. The summed E-state index contributed by atoms with van der Waals surface area (Å²) >= 11 is 0. The van der Waals surface area contributed by atoms with Crippen LogP contribution in [0.15, 0.2) is 23.1 Å². The number of hydrogen-bond donors (Lipinski definition) is 1. The minimum atomic E-state index is -3.95. The van der Waals surface area contributed by atoms with Gasteiger partial charge in [-0.15, -0.1) is 0 Å². The summed E-state index contributed by atoms with van der Waals surface area (Å²) in [6.07, 6.45) is 1.67. The second-order valence-electron chi connectivity index (χ2n) is 5.26. The Morgan fingerprint density at radius 3 is 2.09 bits per heavy atom. The lowest BCUT2D eigenvalue weighted by Crippen LogP contribution is -2.33. The molecule has 6 heteroatoms. The summed E-state index contributed by atoms with van der Waals surface area (Å²) in [7, 11) is -3.95. The van der Waals surface area contributed by atoms with Crippen LogP contribution in [-0.4, -0.2) is 32.3 Å². The number of hydrogen-bond acceptors (Lipinski definition) is 3. The van der Waals surface area contributed by atoms with Crippen molar-refractivity contribution in [3.05, 3.63) is 29.3 Å². The van der Waals surface area contributed by atoms with Crippen molar-refractivity contribution < 1.29 is 13.2 Å². The van der Waals surface area contributed by atoms with E-state index in [2.05, 4.69) is 0 Å². The Hall–Kier alpha value is -1.40. The molecule has 0 bridgehead atoms. The number of nitrogens with zero attached hydrogens (tertiary/aromatic N) is 1. The van der Waals surface area contributed by atoms with Crippen molar-refractivity contribution in [1.82, 2.24) is 4.90 Å². The third kappa shape index (κ3) is 3.87. The summed E-state index contributed by atoms with van der Waals surface area (Å²) in [5.41, 5.74) is 1.01. The molecule has 0 radical (unpaired) electrons. The summed E-state index contributed by atoms with van der Waals surface area (Å²) in [5.74, 6) is -0.132. The Bertz CT molecular complexity index is 618. The standard InChI is InChI=1S/C16H26N2O3S/c1-5-12(6-2)13-10-9-11-14(22(17,20)21)15(13)16(19)18(7-3)8-4/h9-12H,5-8H2,1-4H3,(H2,17,20,21). The van der Waals surface area contributed by atoms with Crippen LogP contribution < -0.4 is 5.14 Å². The van der Waals surface area contributed by atoms with E-state index >= 15 is 0 Å². The fourth-order valence-corrected chi connectivity index (χ4v) is 3.51. The molecule has 22 heavy (non-hydrogen) atoms. The summed E-state index contributed by atoms with van der Waals surface area (Å²) in [6.45, 7) is 8.86. The molecule has 1 aromatic rings. The highest BCUT2D eigenvalue weighted by Crippen LogP contribution is 2.30. The molecule has 0 fully saturated rings. The third-order valence-electron chi connectivity index (χ3n) is 4.05. The van der Waals surface area contributed by atoms with Gasteiger partial charge in [-0.2, -0.15) is 0 Å². The van der Waals surface area contributed by atoms with Crippen molar-refractivity contribution in [3.63, 3.8) is 0 Å². The lowest BCUT2D eigenvalue weighted by atomic mass is 9.89. The average molecular weight is 326 g/mol. The zero-order valence-electron chi connectivity index (χ0n) is 13.8. The number of amides is 1. The molecular formula is C16H26N2O3S. The van der Waals surface area contributed by atoms with E-state index in [1.54, 1.807) is 11.0 Å². The zero-order valence-corrected chi connectivity index (χ0v) is 14.6. The van der Waals surface area contributed by atoms with Crippen molar-refractivity contribution in [2.45, 2.75) is 51.3 Å². The third-order valence-corrected chi connectivity index (χ3v) is 5.01. The van der Waals surface area contributed by atoms with Crippen LogP contribution in [-0.2, 0) is 10.0 Å². The van der Waals surface area contributed by atoms with Gasteiger partial charge in [-0.3, -0.25) is 4.79 Å². The van der Waals surface area contributed by atoms with Gasteiger partial charge in [0.05, 0.1) is 10.5 Å². The van der Waals surface area contributed by atoms with Crippen LogP contribution in [0.3, 0.4) is 0 Å². The largest absolute Gasteiger partial charge is 0.339 e. The van der Waals surface area contributed by atoms with Crippen molar-refractivity contribution in [1.29, 1.82) is 0 Å². The zero-order chi connectivity index (χ0) is 16.9. The maximum atomic E-state index is 12.8. The summed E-state index contributed by atoms with van der Waals surface area (Å²) in [5, 5.41) is 5.33. The van der Waals surface area contributed by atoms with Crippen LogP contribution >= 0.6 is 0 Å². The molecule has 0 aliphatic heterocycles. The van der Waals surface area contributed by atoms with Crippen molar-refractivity contribution >= 4 is 15.9 Å². The van der Waals surface area contributed by atoms with E-state index in [-0.39, 0.29) is 22.3 Å². The number of rotatable bonds is 7. The first-order valence-corrected chi connectivity index (χ1v) is 9.31. The Kier molecular flexibility index (Phi) is 6.56. The molecule has 0 spiro atoms. The number of sulfonamides is 1. The highest BCUT2D eigenvalue weighted by molar-refractivity contribution is 7.89. The second-order valence-corrected chi connectivity index (χ2v) is 6.79. The highest BCUT2D eigenvalue weighted by atomic mass is 32.2. The maximum absolute atomic E-state index is 12.8. The predicted molar refractivity (Wildman–Crippen MR) is 88.4 cm³/mol. The molecule has 0 saturated carbocycles. The van der Waals surface area contributed by atoms with Crippen LogP contribution in [0.2, 0.25) is 0 Å². The van der Waals surface area contributed by atoms with Gasteiger partial charge in [0.25, 0.3) is 5.91 Å². The van der Waals surface area contributed by atoms with Crippen molar-refractivity contribution in [2.75, 3.05) is 13.1 Å². The van der Waals surface area contributed by atoms with Crippen LogP contribution in [0.25, 0.3) is 0 Å². The van der Waals surface area contributed by atoms with Gasteiger partial charge in [-0.05, 0) is 44.2 Å². The lowest BCUT2D eigenvalue weighted by molar-refractivity contribution is 0.0767. The van der Waals surface area contributed by atoms with E-state index in [0.717, 1.165) is 18.4 Å². The lowest BCUT2D eigenvalue weighted by Gasteiger charge is -2.24. The molecule has 1 amide bonds. The molecule has 1 aromatic carbocycles. The fourth-order valence-electron chi connectivity index (χ4n) is 2.75. The average Bonchev–Trinajstić information content (AvgIpc) is 2.48. The molecule has 0 atom stereocenters. The van der Waals surface area contributed by atoms with Crippen LogP contribution in [0, 0.1) is 0 Å². The van der Waals surface area contributed by atoms with Gasteiger partial charge in [0.2, 0.25) is 10.0 Å². The summed E-state index contributed by atoms with van der Waals surface area (Å²) in [6, 6.07) is 4.91. The Morgan fingerprint density at radius 1 is 1.14 bits per heavy atom. The quantitative estimate of drug-likeness (QED) is 0.836. The number of carbonyl (C=O) groups is 1. The van der Waals surface area contributed by atoms with Crippen molar-refractivity contribution in [2.24, 2.45) is 5.14 Å². The van der Waals surface area contributed by atoms with Gasteiger partial charge in [0, 0.05) is 13.1 Å². The first-order chi connectivity index (χ1) is 10.3. The van der Waals surface area contributed by atoms with E-state index in [9.17, 15) is 13.2 Å². The minimum Gasteiger partial charge on any atom is -0.339 e. The first-order valence-electron chi connectivity index (χ1n) is 7.76. The highest BCUT2D eigenvalue weighted by Gasteiger charge is 2.27. The van der Waals surface area contributed by atoms with Gasteiger partial charge in [0.1, 0.15) is 0 Å². The summed E-state index contributed by atoms with van der Waals surface area (Å²) < 4.78 is 23.8. The Balaban J connectivity index is 3.64. The molecule has 2 N–H and O–H groups in total. The normalized spacial score (nSPS) is 11.7. The Morgan fingerprint density at radius 2 is 1.68 bits per heavy atom. The van der Waals surface area contributed by atoms with Crippen LogP contribution in [0.1, 0.15) is 62.4 Å². The molecule has 1 rings (SSSR count).